The Morgan fingerprint density at radius 3 is 2.88 bits per heavy atom. The molecule has 0 aliphatic carbocycles. The molecule has 2 N–H and O–H groups in total. The van der Waals surface area contributed by atoms with Crippen molar-refractivity contribution in [3.63, 3.8) is 0 Å². The van der Waals surface area contributed by atoms with Gasteiger partial charge in [-0.05, 0) is 43.7 Å². The van der Waals surface area contributed by atoms with Gasteiger partial charge < -0.3 is 20.0 Å². The van der Waals surface area contributed by atoms with E-state index in [1.807, 2.05) is 19.1 Å². The molecule has 1 amide bonds. The van der Waals surface area contributed by atoms with Crippen LogP contribution < -0.4 is 10.6 Å². The molecule has 0 saturated carbocycles. The number of rotatable bonds is 7. The van der Waals surface area contributed by atoms with Gasteiger partial charge in [0.15, 0.2) is 5.96 Å². The minimum atomic E-state index is -0.0975. The van der Waals surface area contributed by atoms with Crippen molar-refractivity contribution in [1.29, 1.82) is 0 Å². The first-order valence-electron chi connectivity index (χ1n) is 8.90. The van der Waals surface area contributed by atoms with E-state index in [9.17, 15) is 4.79 Å². The van der Waals surface area contributed by atoms with Gasteiger partial charge in [-0.3, -0.25) is 4.79 Å². The lowest BCUT2D eigenvalue weighted by Crippen LogP contribution is -2.41. The number of nitrogens with zero attached hydrogens (tertiary/aromatic N) is 2. The van der Waals surface area contributed by atoms with E-state index in [2.05, 4.69) is 34.4 Å². The number of carbonyl (C=O) groups is 1. The predicted molar refractivity (Wildman–Crippen MR) is 111 cm³/mol. The van der Waals surface area contributed by atoms with E-state index < -0.39 is 0 Å². The summed E-state index contributed by atoms with van der Waals surface area (Å²) in [7, 11) is 0. The van der Waals surface area contributed by atoms with Crippen LogP contribution in [0.2, 0.25) is 0 Å². The number of furan rings is 1. The summed E-state index contributed by atoms with van der Waals surface area (Å²) in [5.74, 6) is 2.94. The van der Waals surface area contributed by atoms with Crippen LogP contribution in [0.3, 0.4) is 0 Å². The molecule has 0 bridgehead atoms. The molecule has 0 radical (unpaired) electrons. The van der Waals surface area contributed by atoms with Crippen molar-refractivity contribution in [1.82, 2.24) is 15.5 Å². The lowest BCUT2D eigenvalue weighted by Gasteiger charge is -2.22. The van der Waals surface area contributed by atoms with Gasteiger partial charge in [0, 0.05) is 19.6 Å². The van der Waals surface area contributed by atoms with Gasteiger partial charge in [-0.15, -0.1) is 24.0 Å². The van der Waals surface area contributed by atoms with Crippen LogP contribution >= 0.6 is 24.0 Å². The second kappa shape index (κ2) is 11.4. The zero-order chi connectivity index (χ0) is 17.4. The van der Waals surface area contributed by atoms with E-state index in [4.69, 9.17) is 4.42 Å². The zero-order valence-electron chi connectivity index (χ0n) is 15.5. The summed E-state index contributed by atoms with van der Waals surface area (Å²) in [6, 6.07) is 3.65. The third-order valence-corrected chi connectivity index (χ3v) is 4.14. The summed E-state index contributed by atoms with van der Waals surface area (Å²) < 4.78 is 5.20. The summed E-state index contributed by atoms with van der Waals surface area (Å²) in [6.45, 7) is 9.96. The first-order valence-corrected chi connectivity index (χ1v) is 8.90. The molecule has 142 valence electrons. The molecule has 1 unspecified atom stereocenters. The van der Waals surface area contributed by atoms with Crippen LogP contribution in [0.25, 0.3) is 0 Å². The highest BCUT2D eigenvalue weighted by Crippen LogP contribution is 2.23. The van der Waals surface area contributed by atoms with E-state index in [1.54, 1.807) is 6.26 Å². The molecule has 7 heteroatoms. The van der Waals surface area contributed by atoms with Gasteiger partial charge in [0.2, 0.25) is 5.91 Å². The van der Waals surface area contributed by atoms with Gasteiger partial charge in [0.1, 0.15) is 12.3 Å². The van der Waals surface area contributed by atoms with Gasteiger partial charge in [-0.1, -0.05) is 13.8 Å². The van der Waals surface area contributed by atoms with Crippen LogP contribution in [-0.2, 0) is 11.3 Å². The van der Waals surface area contributed by atoms with Crippen molar-refractivity contribution in [2.24, 2.45) is 16.8 Å². The Hall–Kier alpha value is -1.25. The van der Waals surface area contributed by atoms with Crippen LogP contribution in [0, 0.1) is 11.8 Å². The van der Waals surface area contributed by atoms with E-state index >= 15 is 0 Å². The molecule has 1 saturated heterocycles. The van der Waals surface area contributed by atoms with E-state index in [0.717, 1.165) is 43.2 Å². The first kappa shape index (κ1) is 21.8. The van der Waals surface area contributed by atoms with E-state index in [-0.39, 0.29) is 36.4 Å². The fourth-order valence-electron chi connectivity index (χ4n) is 3.11. The van der Waals surface area contributed by atoms with Crippen molar-refractivity contribution in [2.45, 2.75) is 40.2 Å². The van der Waals surface area contributed by atoms with Crippen molar-refractivity contribution in [2.75, 3.05) is 26.2 Å². The van der Waals surface area contributed by atoms with Crippen molar-refractivity contribution >= 4 is 35.8 Å². The van der Waals surface area contributed by atoms with Gasteiger partial charge >= 0.3 is 0 Å². The molecule has 0 spiro atoms. The lowest BCUT2D eigenvalue weighted by atomic mass is 9.97. The maximum absolute atomic E-state index is 12.0. The molecule has 1 fully saturated rings. The van der Waals surface area contributed by atoms with Crippen molar-refractivity contribution in [3.05, 3.63) is 24.2 Å². The monoisotopic (exact) mass is 462 g/mol. The fourth-order valence-corrected chi connectivity index (χ4v) is 3.11. The Labute approximate surface area is 167 Å². The maximum atomic E-state index is 12.0. The highest BCUT2D eigenvalue weighted by Gasteiger charge is 2.25. The predicted octanol–water partition coefficient (Wildman–Crippen LogP) is 2.85. The second-order valence-corrected chi connectivity index (χ2v) is 6.76. The first-order chi connectivity index (χ1) is 11.6. The quantitative estimate of drug-likeness (QED) is 0.372. The summed E-state index contributed by atoms with van der Waals surface area (Å²) in [6.07, 6.45) is 4.05. The molecule has 0 aromatic carbocycles. The molecule has 1 aliphatic heterocycles. The standard InChI is InChI=1S/C18H30N4O2.HI/c1-4-19-18(22-8-7-15(13-22)10-14(2)3)21-12-17(23)20-11-16-6-5-9-24-16;/h5-6,9,14-15H,4,7-8,10-13H2,1-3H3,(H,19,21)(H,20,23);1H. The van der Waals surface area contributed by atoms with Crippen LogP contribution in [0.4, 0.5) is 0 Å². The number of guanidine groups is 1. The Kier molecular flexibility index (Phi) is 9.92. The Morgan fingerprint density at radius 1 is 1.44 bits per heavy atom. The number of likely N-dealkylation sites (tertiary alicyclic amines) is 1. The number of aliphatic imine (C=N–C) groups is 1. The SMILES string of the molecule is CCNC(=NCC(=O)NCc1ccco1)N1CCC(CC(C)C)C1.I. The van der Waals surface area contributed by atoms with Crippen molar-refractivity contribution in [3.8, 4) is 0 Å². The van der Waals surface area contributed by atoms with Crippen LogP contribution in [-0.4, -0.2) is 42.9 Å². The molecule has 1 atom stereocenters. The van der Waals surface area contributed by atoms with Crippen LogP contribution in [0.15, 0.2) is 27.8 Å². The summed E-state index contributed by atoms with van der Waals surface area (Å²) in [4.78, 5) is 18.7. The third kappa shape index (κ3) is 7.66. The molecule has 1 aromatic rings. The van der Waals surface area contributed by atoms with Gasteiger partial charge in [0.05, 0.1) is 12.8 Å². The highest BCUT2D eigenvalue weighted by atomic mass is 127. The smallest absolute Gasteiger partial charge is 0.242 e. The largest absolute Gasteiger partial charge is 0.467 e. The lowest BCUT2D eigenvalue weighted by molar-refractivity contribution is -0.119. The molecular formula is C18H31IN4O2. The zero-order valence-corrected chi connectivity index (χ0v) is 17.8. The second-order valence-electron chi connectivity index (χ2n) is 6.76. The Balaban J connectivity index is 0.00000312. The summed E-state index contributed by atoms with van der Waals surface area (Å²) in [5.41, 5.74) is 0. The summed E-state index contributed by atoms with van der Waals surface area (Å²) in [5, 5.41) is 6.12. The molecular weight excluding hydrogens is 431 g/mol. The van der Waals surface area contributed by atoms with Gasteiger partial charge in [0.25, 0.3) is 0 Å². The van der Waals surface area contributed by atoms with Gasteiger partial charge in [-0.25, -0.2) is 4.99 Å². The number of halogens is 1. The number of hydrogen-bond donors (Lipinski definition) is 2. The van der Waals surface area contributed by atoms with E-state index in [1.165, 1.54) is 12.8 Å². The minimum Gasteiger partial charge on any atom is -0.467 e. The maximum Gasteiger partial charge on any atom is 0.242 e. The summed E-state index contributed by atoms with van der Waals surface area (Å²) >= 11 is 0. The van der Waals surface area contributed by atoms with E-state index in [0.29, 0.717) is 6.54 Å². The fraction of sp³-hybridized carbons (Fsp3) is 0.667. The van der Waals surface area contributed by atoms with Gasteiger partial charge in [-0.2, -0.15) is 0 Å². The van der Waals surface area contributed by atoms with Crippen molar-refractivity contribution < 1.29 is 9.21 Å². The average Bonchev–Trinajstić information content (AvgIpc) is 3.20. The number of amides is 1. The third-order valence-electron chi connectivity index (χ3n) is 4.14. The molecule has 25 heavy (non-hydrogen) atoms. The normalized spacial score (nSPS) is 17.5. The minimum absolute atomic E-state index is 0. The topological polar surface area (TPSA) is 69.9 Å². The Bertz CT molecular complexity index is 531. The molecule has 6 nitrogen and oxygen atoms in total. The number of carbonyl (C=O) groups excluding carboxylic acids is 1. The molecule has 2 heterocycles. The average molecular weight is 462 g/mol. The number of hydrogen-bond acceptors (Lipinski definition) is 3. The molecule has 1 aromatic heterocycles. The molecule has 2 rings (SSSR count). The highest BCUT2D eigenvalue weighted by molar-refractivity contribution is 14.0. The van der Waals surface area contributed by atoms with Crippen LogP contribution in [0.1, 0.15) is 39.4 Å². The Morgan fingerprint density at radius 2 is 2.24 bits per heavy atom. The van der Waals surface area contributed by atoms with Crippen LogP contribution in [0.5, 0.6) is 0 Å². The molecule has 1 aliphatic rings. The number of nitrogens with one attached hydrogen (secondary N) is 2.